The SMILES string of the molecule is CCCCc1ccc(N=Cc2ccc(OCC)cc2)cc1. The average molecular weight is 281 g/mol. The highest BCUT2D eigenvalue weighted by Crippen LogP contribution is 2.16. The number of rotatable bonds is 7. The number of nitrogens with zero attached hydrogens (tertiary/aromatic N) is 1. The summed E-state index contributed by atoms with van der Waals surface area (Å²) >= 11 is 0. The minimum absolute atomic E-state index is 0.692. The van der Waals surface area contributed by atoms with Crippen molar-refractivity contribution < 1.29 is 4.74 Å². The molecule has 21 heavy (non-hydrogen) atoms. The van der Waals surface area contributed by atoms with Gasteiger partial charge in [-0.15, -0.1) is 0 Å². The molecule has 0 heterocycles. The summed E-state index contributed by atoms with van der Waals surface area (Å²) < 4.78 is 5.42. The molecule has 2 rings (SSSR count). The maximum absolute atomic E-state index is 5.42. The van der Waals surface area contributed by atoms with Gasteiger partial charge in [-0.1, -0.05) is 25.5 Å². The van der Waals surface area contributed by atoms with E-state index >= 15 is 0 Å². The number of benzene rings is 2. The summed E-state index contributed by atoms with van der Waals surface area (Å²) in [6, 6.07) is 16.5. The van der Waals surface area contributed by atoms with E-state index in [1.807, 2.05) is 37.4 Å². The van der Waals surface area contributed by atoms with Gasteiger partial charge in [-0.2, -0.15) is 0 Å². The Morgan fingerprint density at radius 2 is 1.67 bits per heavy atom. The lowest BCUT2D eigenvalue weighted by molar-refractivity contribution is 0.340. The van der Waals surface area contributed by atoms with Crippen LogP contribution in [0.4, 0.5) is 5.69 Å². The standard InChI is InChI=1S/C19H23NO/c1-3-5-6-16-7-11-18(12-8-16)20-15-17-9-13-19(14-10-17)21-4-2/h7-15H,3-6H2,1-2H3. The molecule has 0 aliphatic carbocycles. The van der Waals surface area contributed by atoms with E-state index in [-0.39, 0.29) is 0 Å². The number of aliphatic imine (C=N–C) groups is 1. The molecule has 0 saturated heterocycles. The zero-order valence-electron chi connectivity index (χ0n) is 12.9. The first-order valence-corrected chi connectivity index (χ1v) is 7.67. The molecule has 0 atom stereocenters. The lowest BCUT2D eigenvalue weighted by Gasteiger charge is -2.02. The Kier molecular flexibility index (Phi) is 6.01. The third kappa shape index (κ3) is 5.07. The van der Waals surface area contributed by atoms with E-state index < -0.39 is 0 Å². The number of ether oxygens (including phenoxy) is 1. The quantitative estimate of drug-likeness (QED) is 0.641. The Morgan fingerprint density at radius 3 is 2.29 bits per heavy atom. The first kappa shape index (κ1) is 15.3. The Bertz CT molecular complexity index is 555. The van der Waals surface area contributed by atoms with Crippen LogP contribution in [0.15, 0.2) is 53.5 Å². The largest absolute Gasteiger partial charge is 0.494 e. The van der Waals surface area contributed by atoms with Gasteiger partial charge in [0, 0.05) is 6.21 Å². The molecule has 0 aliphatic rings. The van der Waals surface area contributed by atoms with Crippen LogP contribution < -0.4 is 4.74 Å². The van der Waals surface area contributed by atoms with E-state index in [1.54, 1.807) is 0 Å². The molecule has 2 heteroatoms. The zero-order chi connectivity index (χ0) is 14.9. The molecule has 0 unspecified atom stereocenters. The molecule has 0 bridgehead atoms. The smallest absolute Gasteiger partial charge is 0.119 e. The van der Waals surface area contributed by atoms with Gasteiger partial charge in [0.05, 0.1) is 12.3 Å². The first-order valence-electron chi connectivity index (χ1n) is 7.67. The molecule has 0 radical (unpaired) electrons. The number of hydrogen-bond acceptors (Lipinski definition) is 2. The summed E-state index contributed by atoms with van der Waals surface area (Å²) in [5, 5.41) is 0. The molecule has 0 saturated carbocycles. The third-order valence-electron chi connectivity index (χ3n) is 3.31. The van der Waals surface area contributed by atoms with Crippen LogP contribution in [0.2, 0.25) is 0 Å². The van der Waals surface area contributed by atoms with Gasteiger partial charge in [0.25, 0.3) is 0 Å². The van der Waals surface area contributed by atoms with Crippen LogP contribution in [0, 0.1) is 0 Å². The lowest BCUT2D eigenvalue weighted by Crippen LogP contribution is -1.91. The second-order valence-corrected chi connectivity index (χ2v) is 5.03. The minimum atomic E-state index is 0.692. The van der Waals surface area contributed by atoms with Crippen LogP contribution in [0.25, 0.3) is 0 Å². The molecule has 2 nitrogen and oxygen atoms in total. The van der Waals surface area contributed by atoms with E-state index in [4.69, 9.17) is 4.74 Å². The Morgan fingerprint density at radius 1 is 0.952 bits per heavy atom. The van der Waals surface area contributed by atoms with Crippen molar-refractivity contribution in [2.75, 3.05) is 6.61 Å². The van der Waals surface area contributed by atoms with E-state index in [0.29, 0.717) is 6.61 Å². The van der Waals surface area contributed by atoms with Crippen LogP contribution in [0.1, 0.15) is 37.8 Å². The predicted molar refractivity (Wildman–Crippen MR) is 89.9 cm³/mol. The van der Waals surface area contributed by atoms with Gasteiger partial charge in [0.2, 0.25) is 0 Å². The summed E-state index contributed by atoms with van der Waals surface area (Å²) in [7, 11) is 0. The van der Waals surface area contributed by atoms with Crippen molar-refractivity contribution in [2.45, 2.75) is 33.1 Å². The normalized spacial score (nSPS) is 11.0. The fraction of sp³-hybridized carbons (Fsp3) is 0.316. The second-order valence-electron chi connectivity index (χ2n) is 5.03. The molecule has 2 aromatic rings. The summed E-state index contributed by atoms with van der Waals surface area (Å²) in [5.74, 6) is 0.898. The molecule has 0 aliphatic heterocycles. The average Bonchev–Trinajstić information content (AvgIpc) is 2.53. The van der Waals surface area contributed by atoms with Gasteiger partial charge in [0.15, 0.2) is 0 Å². The van der Waals surface area contributed by atoms with Crippen molar-refractivity contribution in [3.05, 3.63) is 59.7 Å². The molecule has 2 aromatic carbocycles. The van der Waals surface area contributed by atoms with Gasteiger partial charge >= 0.3 is 0 Å². The topological polar surface area (TPSA) is 21.6 Å². The van der Waals surface area contributed by atoms with Gasteiger partial charge in [-0.3, -0.25) is 4.99 Å². The van der Waals surface area contributed by atoms with Crippen LogP contribution >= 0.6 is 0 Å². The highest BCUT2D eigenvalue weighted by atomic mass is 16.5. The van der Waals surface area contributed by atoms with Gasteiger partial charge in [0.1, 0.15) is 5.75 Å². The third-order valence-corrected chi connectivity index (χ3v) is 3.31. The van der Waals surface area contributed by atoms with Crippen LogP contribution in [0.5, 0.6) is 5.75 Å². The summed E-state index contributed by atoms with van der Waals surface area (Å²) in [6.07, 6.45) is 5.52. The number of aryl methyl sites for hydroxylation is 1. The molecular weight excluding hydrogens is 258 g/mol. The maximum atomic E-state index is 5.42. The number of hydrogen-bond donors (Lipinski definition) is 0. The van der Waals surface area contributed by atoms with E-state index in [0.717, 1.165) is 23.4 Å². The molecule has 110 valence electrons. The lowest BCUT2D eigenvalue weighted by atomic mass is 10.1. The Labute approximate surface area is 127 Å². The predicted octanol–water partition coefficient (Wildman–Crippen LogP) is 5.18. The fourth-order valence-corrected chi connectivity index (χ4v) is 2.10. The Balaban J connectivity index is 1.96. The van der Waals surface area contributed by atoms with Gasteiger partial charge in [-0.05, 0) is 67.3 Å². The molecule has 0 spiro atoms. The molecular formula is C19H23NO. The van der Waals surface area contributed by atoms with Crippen molar-refractivity contribution in [1.29, 1.82) is 0 Å². The molecule has 0 fully saturated rings. The van der Waals surface area contributed by atoms with Crippen molar-refractivity contribution in [2.24, 2.45) is 4.99 Å². The van der Waals surface area contributed by atoms with E-state index in [1.165, 1.54) is 18.4 Å². The van der Waals surface area contributed by atoms with Crippen LogP contribution in [0.3, 0.4) is 0 Å². The second kappa shape index (κ2) is 8.25. The molecule has 0 amide bonds. The molecule has 0 N–H and O–H groups in total. The summed E-state index contributed by atoms with van der Waals surface area (Å²) in [6.45, 7) is 4.90. The van der Waals surface area contributed by atoms with Crippen molar-refractivity contribution in [3.8, 4) is 5.75 Å². The van der Waals surface area contributed by atoms with Crippen molar-refractivity contribution in [3.63, 3.8) is 0 Å². The van der Waals surface area contributed by atoms with Crippen molar-refractivity contribution in [1.82, 2.24) is 0 Å². The summed E-state index contributed by atoms with van der Waals surface area (Å²) in [4.78, 5) is 4.51. The summed E-state index contributed by atoms with van der Waals surface area (Å²) in [5.41, 5.74) is 3.45. The highest BCUT2D eigenvalue weighted by molar-refractivity contribution is 5.82. The Hall–Kier alpha value is -2.09. The van der Waals surface area contributed by atoms with Gasteiger partial charge in [-0.25, -0.2) is 0 Å². The van der Waals surface area contributed by atoms with Crippen molar-refractivity contribution >= 4 is 11.9 Å². The van der Waals surface area contributed by atoms with Crippen LogP contribution in [-0.4, -0.2) is 12.8 Å². The van der Waals surface area contributed by atoms with E-state index in [9.17, 15) is 0 Å². The van der Waals surface area contributed by atoms with Crippen LogP contribution in [-0.2, 0) is 6.42 Å². The van der Waals surface area contributed by atoms with E-state index in [2.05, 4.69) is 36.2 Å². The number of unbranched alkanes of at least 4 members (excludes halogenated alkanes) is 1. The monoisotopic (exact) mass is 281 g/mol. The first-order chi connectivity index (χ1) is 10.3. The fourth-order valence-electron chi connectivity index (χ4n) is 2.10. The molecule has 0 aromatic heterocycles. The minimum Gasteiger partial charge on any atom is -0.494 e. The zero-order valence-corrected chi connectivity index (χ0v) is 12.9. The van der Waals surface area contributed by atoms with Gasteiger partial charge < -0.3 is 4.74 Å². The maximum Gasteiger partial charge on any atom is 0.119 e. The highest BCUT2D eigenvalue weighted by Gasteiger charge is 1.94.